The van der Waals surface area contributed by atoms with E-state index in [1.807, 2.05) is 7.05 Å². The van der Waals surface area contributed by atoms with Crippen molar-refractivity contribution in [3.8, 4) is 0 Å². The lowest BCUT2D eigenvalue weighted by Crippen LogP contribution is -2.46. The number of aryl methyl sites for hydroxylation is 1. The first kappa shape index (κ1) is 16.4. The molecule has 0 spiro atoms. The topological polar surface area (TPSA) is 49.9 Å². The number of hydrogen-bond donors (Lipinski definition) is 0. The molecule has 1 aliphatic heterocycles. The summed E-state index contributed by atoms with van der Waals surface area (Å²) in [5.41, 5.74) is 0.318. The second kappa shape index (κ2) is 6.39. The van der Waals surface area contributed by atoms with Crippen molar-refractivity contribution in [3.05, 3.63) is 29.6 Å². The van der Waals surface area contributed by atoms with Crippen LogP contribution in [-0.2, 0) is 14.8 Å². The summed E-state index contributed by atoms with van der Waals surface area (Å²) in [6.45, 7) is 3.98. The van der Waals surface area contributed by atoms with Gasteiger partial charge in [0.1, 0.15) is 5.82 Å². The van der Waals surface area contributed by atoms with Crippen LogP contribution in [0.1, 0.15) is 5.56 Å². The molecule has 0 N–H and O–H groups in total. The van der Waals surface area contributed by atoms with Gasteiger partial charge in [0.2, 0.25) is 10.0 Å². The summed E-state index contributed by atoms with van der Waals surface area (Å²) in [6.07, 6.45) is -0.148. The largest absolute Gasteiger partial charge is 0.374 e. The summed E-state index contributed by atoms with van der Waals surface area (Å²) < 4.78 is 45.1. The van der Waals surface area contributed by atoms with Gasteiger partial charge in [0.25, 0.3) is 0 Å². The van der Waals surface area contributed by atoms with Gasteiger partial charge >= 0.3 is 0 Å². The van der Waals surface area contributed by atoms with E-state index in [-0.39, 0.29) is 17.5 Å². The standard InChI is InChI=1S/C14H21FN2O3S/c1-11-8-13(4-5-14(11)15)21(18,19)17(3)10-12-9-16(2)6-7-20-12/h4-5,8,12H,6-7,9-10H2,1-3H3. The molecule has 1 unspecified atom stereocenters. The average molecular weight is 316 g/mol. The fourth-order valence-corrected chi connectivity index (χ4v) is 3.61. The van der Waals surface area contributed by atoms with E-state index in [1.54, 1.807) is 6.92 Å². The minimum atomic E-state index is -3.63. The second-order valence-electron chi connectivity index (χ2n) is 5.45. The highest BCUT2D eigenvalue weighted by Crippen LogP contribution is 2.18. The Morgan fingerprint density at radius 3 is 2.81 bits per heavy atom. The van der Waals surface area contributed by atoms with Crippen molar-refractivity contribution < 1.29 is 17.5 Å². The molecule has 0 bridgehead atoms. The summed E-state index contributed by atoms with van der Waals surface area (Å²) in [5, 5.41) is 0. The molecule has 7 heteroatoms. The summed E-state index contributed by atoms with van der Waals surface area (Å²) in [6, 6.07) is 3.83. The van der Waals surface area contributed by atoms with Crippen LogP contribution in [0.5, 0.6) is 0 Å². The van der Waals surface area contributed by atoms with Crippen LogP contribution in [0, 0.1) is 12.7 Å². The molecule has 0 amide bonds. The smallest absolute Gasteiger partial charge is 0.242 e. The molecule has 1 fully saturated rings. The molecule has 5 nitrogen and oxygen atoms in total. The third kappa shape index (κ3) is 3.79. The molecule has 1 aromatic carbocycles. The summed E-state index contributed by atoms with van der Waals surface area (Å²) >= 11 is 0. The Hall–Kier alpha value is -1.02. The van der Waals surface area contributed by atoms with E-state index in [0.717, 1.165) is 6.54 Å². The van der Waals surface area contributed by atoms with Gasteiger partial charge in [0.05, 0.1) is 17.6 Å². The van der Waals surface area contributed by atoms with E-state index in [9.17, 15) is 12.8 Å². The molecule has 1 saturated heterocycles. The molecular formula is C14H21FN2O3S. The van der Waals surface area contributed by atoms with Gasteiger partial charge in [-0.25, -0.2) is 12.8 Å². The maximum atomic E-state index is 13.3. The van der Waals surface area contributed by atoms with Crippen LogP contribution in [0.2, 0.25) is 0 Å². The van der Waals surface area contributed by atoms with E-state index < -0.39 is 15.8 Å². The lowest BCUT2D eigenvalue weighted by molar-refractivity contribution is -0.0247. The highest BCUT2D eigenvalue weighted by Gasteiger charge is 2.26. The average Bonchev–Trinajstić information content (AvgIpc) is 2.41. The SMILES string of the molecule is Cc1cc(S(=O)(=O)N(C)CC2CN(C)CCO2)ccc1F. The maximum Gasteiger partial charge on any atom is 0.242 e. The number of sulfonamides is 1. The number of hydrogen-bond acceptors (Lipinski definition) is 4. The third-order valence-electron chi connectivity index (χ3n) is 3.64. The Bertz CT molecular complexity index is 606. The number of halogens is 1. The van der Waals surface area contributed by atoms with Crippen molar-refractivity contribution >= 4 is 10.0 Å². The molecular weight excluding hydrogens is 295 g/mol. The van der Waals surface area contributed by atoms with E-state index in [4.69, 9.17) is 4.74 Å². The molecule has 0 saturated carbocycles. The summed E-state index contributed by atoms with van der Waals surface area (Å²) in [5.74, 6) is -0.408. The minimum absolute atomic E-state index is 0.105. The monoisotopic (exact) mass is 316 g/mol. The zero-order valence-corrected chi connectivity index (χ0v) is 13.4. The van der Waals surface area contributed by atoms with Gasteiger partial charge in [0, 0.05) is 26.7 Å². The Morgan fingerprint density at radius 2 is 2.19 bits per heavy atom. The molecule has 1 aliphatic rings. The highest BCUT2D eigenvalue weighted by atomic mass is 32.2. The number of benzene rings is 1. The third-order valence-corrected chi connectivity index (χ3v) is 5.46. The minimum Gasteiger partial charge on any atom is -0.374 e. The Kier molecular flexibility index (Phi) is 4.98. The normalized spacial score (nSPS) is 20.9. The first-order chi connectivity index (χ1) is 9.80. The lowest BCUT2D eigenvalue weighted by atomic mass is 10.2. The van der Waals surface area contributed by atoms with Gasteiger partial charge in [-0.3, -0.25) is 0 Å². The van der Waals surface area contributed by atoms with Gasteiger partial charge in [-0.1, -0.05) is 0 Å². The molecule has 1 atom stereocenters. The zero-order chi connectivity index (χ0) is 15.6. The molecule has 21 heavy (non-hydrogen) atoms. The lowest BCUT2D eigenvalue weighted by Gasteiger charge is -2.32. The van der Waals surface area contributed by atoms with Crippen LogP contribution >= 0.6 is 0 Å². The van der Waals surface area contributed by atoms with Gasteiger partial charge in [-0.2, -0.15) is 4.31 Å². The van der Waals surface area contributed by atoms with Crippen molar-refractivity contribution in [2.45, 2.75) is 17.9 Å². The zero-order valence-electron chi connectivity index (χ0n) is 12.5. The van der Waals surface area contributed by atoms with Crippen LogP contribution in [0.25, 0.3) is 0 Å². The van der Waals surface area contributed by atoms with Gasteiger partial charge in [-0.15, -0.1) is 0 Å². The van der Waals surface area contributed by atoms with Crippen molar-refractivity contribution in [2.75, 3.05) is 40.3 Å². The highest BCUT2D eigenvalue weighted by molar-refractivity contribution is 7.89. The van der Waals surface area contributed by atoms with Crippen LogP contribution in [0.15, 0.2) is 23.1 Å². The number of ether oxygens (including phenoxy) is 1. The van der Waals surface area contributed by atoms with E-state index in [2.05, 4.69) is 4.90 Å². The molecule has 0 aromatic heterocycles. The predicted molar refractivity (Wildman–Crippen MR) is 78.2 cm³/mol. The fourth-order valence-electron chi connectivity index (χ4n) is 2.32. The van der Waals surface area contributed by atoms with Crippen LogP contribution in [-0.4, -0.2) is 64.1 Å². The molecule has 2 rings (SSSR count). The quantitative estimate of drug-likeness (QED) is 0.834. The number of nitrogens with zero attached hydrogens (tertiary/aromatic N) is 2. The molecule has 0 aliphatic carbocycles. The van der Waals surface area contributed by atoms with Crippen LogP contribution < -0.4 is 0 Å². The number of rotatable bonds is 4. The van der Waals surface area contributed by atoms with Crippen molar-refractivity contribution in [2.24, 2.45) is 0 Å². The van der Waals surface area contributed by atoms with Crippen LogP contribution in [0.4, 0.5) is 4.39 Å². The molecule has 0 radical (unpaired) electrons. The van der Waals surface area contributed by atoms with E-state index >= 15 is 0 Å². The number of morpholine rings is 1. The van der Waals surface area contributed by atoms with Crippen molar-refractivity contribution in [3.63, 3.8) is 0 Å². The van der Waals surface area contributed by atoms with E-state index in [1.165, 1.54) is 29.6 Å². The Labute approximate surface area is 125 Å². The molecule has 1 heterocycles. The van der Waals surface area contributed by atoms with Crippen molar-refractivity contribution in [1.29, 1.82) is 0 Å². The summed E-state index contributed by atoms with van der Waals surface area (Å²) in [4.78, 5) is 2.21. The summed E-state index contributed by atoms with van der Waals surface area (Å²) in [7, 11) is -0.128. The fraction of sp³-hybridized carbons (Fsp3) is 0.571. The Balaban J connectivity index is 2.12. The number of likely N-dealkylation sites (N-methyl/N-ethyl adjacent to an activating group) is 2. The second-order valence-corrected chi connectivity index (χ2v) is 7.50. The Morgan fingerprint density at radius 1 is 1.48 bits per heavy atom. The molecule has 118 valence electrons. The van der Waals surface area contributed by atoms with Crippen LogP contribution in [0.3, 0.4) is 0 Å². The van der Waals surface area contributed by atoms with Crippen molar-refractivity contribution in [1.82, 2.24) is 9.21 Å². The first-order valence-electron chi connectivity index (χ1n) is 6.83. The maximum absolute atomic E-state index is 13.3. The van der Waals surface area contributed by atoms with Gasteiger partial charge in [0.15, 0.2) is 0 Å². The molecule has 1 aromatic rings. The first-order valence-corrected chi connectivity index (χ1v) is 8.27. The predicted octanol–water partition coefficient (Wildman–Crippen LogP) is 1.09. The van der Waals surface area contributed by atoms with E-state index in [0.29, 0.717) is 18.7 Å². The van der Waals surface area contributed by atoms with Gasteiger partial charge in [-0.05, 0) is 37.7 Å². The van der Waals surface area contributed by atoms with Gasteiger partial charge < -0.3 is 9.64 Å².